The van der Waals surface area contributed by atoms with Gasteiger partial charge in [-0.15, -0.1) is 0 Å². The molecular weight excluding hydrogens is 767 g/mol. The Bertz CT molecular complexity index is 3420. The number of benzene rings is 7. The molecular formula is C59H55N3O. The molecule has 0 radical (unpaired) electrons. The third-order valence-corrected chi connectivity index (χ3v) is 12.1. The minimum Gasteiger partial charge on any atom is -0.507 e. The second-order valence-corrected chi connectivity index (χ2v) is 18.8. The summed E-state index contributed by atoms with van der Waals surface area (Å²) in [7, 11) is 0. The topological polar surface area (TPSA) is 50.9 Å². The first kappa shape index (κ1) is 35.5. The molecule has 4 heteroatoms. The van der Waals surface area contributed by atoms with Gasteiger partial charge in [-0.1, -0.05) is 151 Å². The van der Waals surface area contributed by atoms with E-state index in [0.29, 0.717) is 22.6 Å². The number of aryl methyl sites for hydroxylation is 3. The third-order valence-electron chi connectivity index (χ3n) is 12.1. The summed E-state index contributed by atoms with van der Waals surface area (Å²) in [6, 6.07) is 42.2. The van der Waals surface area contributed by atoms with Crippen LogP contribution in [0, 0.1) is 20.8 Å². The fourth-order valence-electron chi connectivity index (χ4n) is 8.58. The van der Waals surface area contributed by atoms with Crippen molar-refractivity contribution in [2.45, 2.75) is 73.1 Å². The zero-order valence-corrected chi connectivity index (χ0v) is 37.5. The predicted octanol–water partition coefficient (Wildman–Crippen LogP) is 15.6. The van der Waals surface area contributed by atoms with Crippen molar-refractivity contribution in [3.05, 3.63) is 192 Å². The quantitative estimate of drug-likeness (QED) is 0.174. The van der Waals surface area contributed by atoms with E-state index in [9.17, 15) is 5.11 Å². The molecule has 4 nitrogen and oxygen atoms in total. The SMILES string of the molecule is [2H]c1c([2H])c([2H])c(-c2ccnc(-c3cc(-c4cccc5c4nc(-c4cc(C)cc(C)c4O)n5-c4cc(C)c(-c5ccc(C(C)(C)C)cc5)cc4-c4ccccc4)cc(C(C)(C)C)c3)c2)c([2H])c1[2H]. The van der Waals surface area contributed by atoms with Crippen molar-refractivity contribution in [1.29, 1.82) is 0 Å². The van der Waals surface area contributed by atoms with Crippen molar-refractivity contribution in [2.75, 3.05) is 0 Å². The van der Waals surface area contributed by atoms with Crippen molar-refractivity contribution in [1.82, 2.24) is 14.5 Å². The van der Waals surface area contributed by atoms with Crippen LogP contribution in [0.25, 0.3) is 83.9 Å². The molecule has 0 unspecified atom stereocenters. The number of rotatable bonds is 7. The molecule has 2 aromatic heterocycles. The molecule has 0 aliphatic carbocycles. The van der Waals surface area contributed by atoms with E-state index in [2.05, 4.69) is 150 Å². The third kappa shape index (κ3) is 7.98. The fraction of sp³-hybridized carbons (Fsp3) is 0.186. The van der Waals surface area contributed by atoms with Gasteiger partial charge < -0.3 is 5.11 Å². The first-order chi connectivity index (χ1) is 32.2. The van der Waals surface area contributed by atoms with E-state index in [1.807, 2.05) is 32.0 Å². The molecule has 1 N–H and O–H groups in total. The van der Waals surface area contributed by atoms with Gasteiger partial charge in [0.1, 0.15) is 11.6 Å². The van der Waals surface area contributed by atoms with Gasteiger partial charge in [-0.3, -0.25) is 9.55 Å². The normalized spacial score (nSPS) is 13.1. The summed E-state index contributed by atoms with van der Waals surface area (Å²) >= 11 is 0. The van der Waals surface area contributed by atoms with Gasteiger partial charge in [-0.25, -0.2) is 4.98 Å². The maximum absolute atomic E-state index is 11.9. The van der Waals surface area contributed by atoms with Crippen LogP contribution < -0.4 is 0 Å². The Balaban J connectivity index is 1.31. The van der Waals surface area contributed by atoms with Crippen LogP contribution in [0.15, 0.2) is 164 Å². The Kier molecular flexibility index (Phi) is 9.04. The molecule has 0 bridgehead atoms. The molecule has 2 heterocycles. The second-order valence-electron chi connectivity index (χ2n) is 18.8. The van der Waals surface area contributed by atoms with Crippen LogP contribution in [0.2, 0.25) is 0 Å². The Morgan fingerprint density at radius 3 is 1.94 bits per heavy atom. The van der Waals surface area contributed by atoms with Crippen LogP contribution in [0.1, 0.15) is 76.2 Å². The van der Waals surface area contributed by atoms with Crippen LogP contribution in [-0.4, -0.2) is 19.6 Å². The summed E-state index contributed by atoms with van der Waals surface area (Å²) < 4.78 is 44.4. The summed E-state index contributed by atoms with van der Waals surface area (Å²) in [5.74, 6) is 0.778. The molecule has 0 saturated carbocycles. The largest absolute Gasteiger partial charge is 0.507 e. The number of pyridine rings is 1. The lowest BCUT2D eigenvalue weighted by molar-refractivity contribution is 0.472. The van der Waals surface area contributed by atoms with Gasteiger partial charge in [0.15, 0.2) is 0 Å². The molecule has 0 aliphatic rings. The molecule has 0 atom stereocenters. The standard InChI is InChI=1S/C59H55N3O/c1-37-29-39(3)56(63)51(30-37)57-61-55-48(44-32-45(34-47(33-44)59(7,8)9)52-35-43(27-28-60-52)40-17-12-10-13-18-40)21-16-22-53(55)62(57)54-31-38(2)49(36-50(54)41-19-14-11-15-20-41)42-23-25-46(26-24-42)58(4,5)6/h10-36,63H,1-9H3/i10D,12D,13D,17D,18D. The number of para-hydroxylation sites is 1. The van der Waals surface area contributed by atoms with Gasteiger partial charge in [-0.2, -0.15) is 0 Å². The number of nitrogens with zero attached hydrogens (tertiary/aromatic N) is 3. The smallest absolute Gasteiger partial charge is 0.149 e. The number of hydrogen-bond acceptors (Lipinski definition) is 3. The van der Waals surface area contributed by atoms with E-state index in [0.717, 1.165) is 77.9 Å². The van der Waals surface area contributed by atoms with Crippen LogP contribution in [0.3, 0.4) is 0 Å². The van der Waals surface area contributed by atoms with E-state index in [4.69, 9.17) is 16.8 Å². The lowest BCUT2D eigenvalue weighted by Crippen LogP contribution is -2.11. The van der Waals surface area contributed by atoms with Gasteiger partial charge in [0.25, 0.3) is 0 Å². The highest BCUT2D eigenvalue weighted by Gasteiger charge is 2.25. The van der Waals surface area contributed by atoms with E-state index in [1.165, 1.54) is 5.56 Å². The number of phenolic OH excluding ortho intramolecular Hbond substituents is 1. The maximum Gasteiger partial charge on any atom is 0.149 e. The van der Waals surface area contributed by atoms with E-state index >= 15 is 0 Å². The highest BCUT2D eigenvalue weighted by molar-refractivity contribution is 5.98. The second kappa shape index (κ2) is 16.0. The van der Waals surface area contributed by atoms with Crippen LogP contribution in [0.5, 0.6) is 5.75 Å². The van der Waals surface area contributed by atoms with Crippen LogP contribution in [0.4, 0.5) is 0 Å². The maximum atomic E-state index is 11.9. The van der Waals surface area contributed by atoms with E-state index < -0.39 is 6.04 Å². The first-order valence-corrected chi connectivity index (χ1v) is 21.5. The Hall–Kier alpha value is -7.04. The number of aromatic hydroxyl groups is 1. The molecule has 63 heavy (non-hydrogen) atoms. The number of hydrogen-bond donors (Lipinski definition) is 1. The Morgan fingerprint density at radius 2 is 1.22 bits per heavy atom. The lowest BCUT2D eigenvalue weighted by atomic mass is 9.83. The van der Waals surface area contributed by atoms with Gasteiger partial charge in [0, 0.05) is 22.9 Å². The number of phenols is 1. The zero-order chi connectivity index (χ0) is 48.6. The van der Waals surface area contributed by atoms with Gasteiger partial charge in [-0.05, 0) is 141 Å². The highest BCUT2D eigenvalue weighted by atomic mass is 16.3. The average Bonchev–Trinajstić information content (AvgIpc) is 3.70. The summed E-state index contributed by atoms with van der Waals surface area (Å²) in [4.78, 5) is 10.3. The van der Waals surface area contributed by atoms with Crippen LogP contribution in [-0.2, 0) is 10.8 Å². The minimum atomic E-state index is -0.432. The van der Waals surface area contributed by atoms with Crippen molar-refractivity contribution in [3.63, 3.8) is 0 Å². The summed E-state index contributed by atoms with van der Waals surface area (Å²) in [6.07, 6.45) is 1.62. The fourth-order valence-corrected chi connectivity index (χ4v) is 8.58. The van der Waals surface area contributed by atoms with Crippen molar-refractivity contribution >= 4 is 11.0 Å². The summed E-state index contributed by atoms with van der Waals surface area (Å²) in [6.45, 7) is 19.3. The molecule has 0 spiro atoms. The van der Waals surface area contributed by atoms with Crippen molar-refractivity contribution < 1.29 is 12.0 Å². The summed E-state index contributed by atoms with van der Waals surface area (Å²) in [5, 5.41) is 11.9. The molecule has 0 saturated heterocycles. The number of imidazole rings is 1. The molecule has 9 aromatic rings. The van der Waals surface area contributed by atoms with Gasteiger partial charge in [0.2, 0.25) is 0 Å². The molecule has 0 amide bonds. The van der Waals surface area contributed by atoms with Gasteiger partial charge >= 0.3 is 0 Å². The molecule has 7 aromatic carbocycles. The summed E-state index contributed by atoms with van der Waals surface area (Å²) in [5.41, 5.74) is 16.2. The Morgan fingerprint density at radius 1 is 0.524 bits per heavy atom. The molecule has 9 rings (SSSR count). The first-order valence-electron chi connectivity index (χ1n) is 24.0. The lowest BCUT2D eigenvalue weighted by Gasteiger charge is -2.22. The molecule has 0 fully saturated rings. The van der Waals surface area contributed by atoms with E-state index in [1.54, 1.807) is 18.3 Å². The minimum absolute atomic E-state index is 0.0269. The number of fused-ring (bicyclic) bond motifs is 1. The van der Waals surface area contributed by atoms with Gasteiger partial charge in [0.05, 0.1) is 34.8 Å². The predicted molar refractivity (Wildman–Crippen MR) is 265 cm³/mol. The van der Waals surface area contributed by atoms with Crippen LogP contribution >= 0.6 is 0 Å². The highest BCUT2D eigenvalue weighted by Crippen LogP contribution is 2.44. The van der Waals surface area contributed by atoms with Crippen molar-refractivity contribution in [2.24, 2.45) is 0 Å². The van der Waals surface area contributed by atoms with Crippen molar-refractivity contribution in [3.8, 4) is 78.6 Å². The molecule has 0 aliphatic heterocycles. The molecule has 312 valence electrons. The zero-order valence-electron chi connectivity index (χ0n) is 42.5. The number of aromatic nitrogens is 3. The monoisotopic (exact) mass is 826 g/mol. The van der Waals surface area contributed by atoms with E-state index in [-0.39, 0.29) is 46.3 Å². The Labute approximate surface area is 379 Å². The average molecular weight is 827 g/mol.